The largest absolute Gasteiger partial charge is 0.342 e. The minimum Gasteiger partial charge on any atom is -0.342 e. The lowest BCUT2D eigenvalue weighted by molar-refractivity contribution is -0.129. The smallest absolute Gasteiger partial charge is 0.276 e. The van der Waals surface area contributed by atoms with E-state index in [1.54, 1.807) is 17.9 Å². The maximum atomic E-state index is 14.0. The molecular formula is C18H21FN4O3. The number of halogens is 1. The number of hydrogen-bond donors (Lipinski definition) is 1. The molecule has 0 aliphatic heterocycles. The average Bonchev–Trinajstić information content (AvgIpc) is 2.61. The number of amides is 2. The molecule has 7 nitrogen and oxygen atoms in total. The zero-order chi connectivity index (χ0) is 19.3. The number of hydrogen-bond acceptors (Lipinski definition) is 4. The van der Waals surface area contributed by atoms with Gasteiger partial charge in [0, 0.05) is 24.8 Å². The van der Waals surface area contributed by atoms with Gasteiger partial charge in [0.1, 0.15) is 11.5 Å². The average molecular weight is 360 g/mol. The third-order valence-corrected chi connectivity index (χ3v) is 3.92. The lowest BCUT2D eigenvalue weighted by Gasteiger charge is -2.18. The van der Waals surface area contributed by atoms with Gasteiger partial charge in [-0.3, -0.25) is 14.4 Å². The SMILES string of the molecule is CCN(CC)C(=O)CNC(=O)c1nn(-c2ccccc2F)c(C)cc1=O. The fraction of sp³-hybridized carbons (Fsp3) is 0.333. The fourth-order valence-electron chi connectivity index (χ4n) is 2.50. The van der Waals surface area contributed by atoms with Gasteiger partial charge < -0.3 is 10.2 Å². The molecule has 0 atom stereocenters. The van der Waals surface area contributed by atoms with Gasteiger partial charge in [-0.2, -0.15) is 5.10 Å². The highest BCUT2D eigenvalue weighted by atomic mass is 19.1. The van der Waals surface area contributed by atoms with Crippen LogP contribution in [0.3, 0.4) is 0 Å². The molecule has 2 amide bonds. The summed E-state index contributed by atoms with van der Waals surface area (Å²) in [4.78, 5) is 37.9. The van der Waals surface area contributed by atoms with Crippen LogP contribution in [-0.4, -0.2) is 46.1 Å². The van der Waals surface area contributed by atoms with E-state index in [4.69, 9.17) is 0 Å². The Hall–Kier alpha value is -3.03. The fourth-order valence-corrected chi connectivity index (χ4v) is 2.50. The lowest BCUT2D eigenvalue weighted by atomic mass is 10.2. The quantitative estimate of drug-likeness (QED) is 0.841. The molecular weight excluding hydrogens is 339 g/mol. The summed E-state index contributed by atoms with van der Waals surface area (Å²) in [6.07, 6.45) is 0. The summed E-state index contributed by atoms with van der Waals surface area (Å²) in [5.74, 6) is -1.57. The molecule has 138 valence electrons. The van der Waals surface area contributed by atoms with Crippen LogP contribution in [0.15, 0.2) is 35.1 Å². The van der Waals surface area contributed by atoms with Crippen molar-refractivity contribution in [1.29, 1.82) is 0 Å². The molecule has 0 fully saturated rings. The van der Waals surface area contributed by atoms with Gasteiger partial charge in [0.25, 0.3) is 5.91 Å². The van der Waals surface area contributed by atoms with Crippen LogP contribution >= 0.6 is 0 Å². The van der Waals surface area contributed by atoms with Crippen LogP contribution in [0.2, 0.25) is 0 Å². The molecule has 0 radical (unpaired) electrons. The number of rotatable bonds is 6. The Morgan fingerprint density at radius 3 is 2.50 bits per heavy atom. The maximum Gasteiger partial charge on any atom is 0.276 e. The van der Waals surface area contributed by atoms with E-state index < -0.39 is 22.8 Å². The van der Waals surface area contributed by atoms with Crippen molar-refractivity contribution in [2.75, 3.05) is 19.6 Å². The molecule has 0 saturated carbocycles. The van der Waals surface area contributed by atoms with E-state index in [0.717, 1.165) is 0 Å². The number of para-hydroxylation sites is 1. The molecule has 0 aliphatic carbocycles. The Kier molecular flexibility index (Phi) is 6.21. The predicted octanol–water partition coefficient (Wildman–Crippen LogP) is 1.28. The van der Waals surface area contributed by atoms with Gasteiger partial charge in [-0.25, -0.2) is 9.07 Å². The lowest BCUT2D eigenvalue weighted by Crippen LogP contribution is -2.41. The van der Waals surface area contributed by atoms with Crippen LogP contribution < -0.4 is 10.7 Å². The van der Waals surface area contributed by atoms with E-state index in [1.807, 2.05) is 13.8 Å². The Morgan fingerprint density at radius 2 is 1.88 bits per heavy atom. The molecule has 1 aromatic carbocycles. The molecule has 0 unspecified atom stereocenters. The monoisotopic (exact) mass is 360 g/mol. The predicted molar refractivity (Wildman–Crippen MR) is 94.8 cm³/mol. The molecule has 0 saturated heterocycles. The van der Waals surface area contributed by atoms with E-state index in [1.165, 1.54) is 28.9 Å². The number of carbonyl (C=O) groups is 2. The molecule has 1 aromatic heterocycles. The molecule has 8 heteroatoms. The number of likely N-dealkylation sites (N-methyl/N-ethyl adjacent to an activating group) is 1. The summed E-state index contributed by atoms with van der Waals surface area (Å²) >= 11 is 0. The highest BCUT2D eigenvalue weighted by molar-refractivity contribution is 5.94. The van der Waals surface area contributed by atoms with Crippen molar-refractivity contribution in [3.05, 3.63) is 57.8 Å². The van der Waals surface area contributed by atoms with Gasteiger partial charge in [-0.15, -0.1) is 0 Å². The molecule has 2 aromatic rings. The molecule has 0 bridgehead atoms. The normalized spacial score (nSPS) is 10.5. The summed E-state index contributed by atoms with van der Waals surface area (Å²) in [7, 11) is 0. The van der Waals surface area contributed by atoms with Crippen LogP contribution in [0.4, 0.5) is 4.39 Å². The van der Waals surface area contributed by atoms with Crippen LogP contribution in [0.5, 0.6) is 0 Å². The molecule has 0 aliphatic rings. The molecule has 1 N–H and O–H groups in total. The van der Waals surface area contributed by atoms with Gasteiger partial charge >= 0.3 is 0 Å². The third-order valence-electron chi connectivity index (χ3n) is 3.92. The van der Waals surface area contributed by atoms with Crippen molar-refractivity contribution in [2.45, 2.75) is 20.8 Å². The zero-order valence-electron chi connectivity index (χ0n) is 15.0. The van der Waals surface area contributed by atoms with Crippen molar-refractivity contribution in [3.63, 3.8) is 0 Å². The van der Waals surface area contributed by atoms with Crippen LogP contribution in [0, 0.1) is 12.7 Å². The first-order valence-corrected chi connectivity index (χ1v) is 8.30. The van der Waals surface area contributed by atoms with E-state index in [9.17, 15) is 18.8 Å². The number of aromatic nitrogens is 2. The zero-order valence-corrected chi connectivity index (χ0v) is 15.0. The second kappa shape index (κ2) is 8.37. The van der Waals surface area contributed by atoms with Gasteiger partial charge in [-0.1, -0.05) is 12.1 Å². The topological polar surface area (TPSA) is 84.3 Å². The Morgan fingerprint density at radius 1 is 1.23 bits per heavy atom. The van der Waals surface area contributed by atoms with Gasteiger partial charge in [0.2, 0.25) is 11.3 Å². The highest BCUT2D eigenvalue weighted by Gasteiger charge is 2.18. The summed E-state index contributed by atoms with van der Waals surface area (Å²) in [6.45, 7) is 6.05. The molecule has 1 heterocycles. The van der Waals surface area contributed by atoms with Crippen molar-refractivity contribution in [1.82, 2.24) is 20.0 Å². The van der Waals surface area contributed by atoms with E-state index in [0.29, 0.717) is 18.8 Å². The first kappa shape index (κ1) is 19.3. The number of nitrogens with zero attached hydrogens (tertiary/aromatic N) is 3. The van der Waals surface area contributed by atoms with Crippen molar-refractivity contribution in [3.8, 4) is 5.69 Å². The van der Waals surface area contributed by atoms with Gasteiger partial charge in [0.05, 0.1) is 6.54 Å². The molecule has 2 rings (SSSR count). The van der Waals surface area contributed by atoms with Crippen LogP contribution in [0.25, 0.3) is 5.69 Å². The molecule has 26 heavy (non-hydrogen) atoms. The maximum absolute atomic E-state index is 14.0. The van der Waals surface area contributed by atoms with Crippen molar-refractivity contribution < 1.29 is 14.0 Å². The standard InChI is InChI=1S/C18H21FN4O3/c1-4-22(5-2)16(25)11-20-18(26)17-15(24)10-12(3)23(21-17)14-9-7-6-8-13(14)19/h6-10H,4-5,11H2,1-3H3,(H,20,26). The minimum absolute atomic E-state index is 0.123. The summed E-state index contributed by atoms with van der Waals surface area (Å²) in [6, 6.07) is 7.12. The number of benzene rings is 1. The Bertz CT molecular complexity index is 875. The van der Waals surface area contributed by atoms with Crippen molar-refractivity contribution >= 4 is 11.8 Å². The minimum atomic E-state index is -0.777. The summed E-state index contributed by atoms with van der Waals surface area (Å²) in [5.41, 5.74) is -0.483. The highest BCUT2D eigenvalue weighted by Crippen LogP contribution is 2.13. The third kappa shape index (κ3) is 4.14. The Balaban J connectivity index is 2.28. The number of aryl methyl sites for hydroxylation is 1. The van der Waals surface area contributed by atoms with Gasteiger partial charge in [0.15, 0.2) is 5.69 Å². The van der Waals surface area contributed by atoms with Crippen LogP contribution in [0.1, 0.15) is 30.0 Å². The van der Waals surface area contributed by atoms with E-state index >= 15 is 0 Å². The van der Waals surface area contributed by atoms with E-state index in [2.05, 4.69) is 10.4 Å². The summed E-state index contributed by atoms with van der Waals surface area (Å²) in [5, 5.41) is 6.39. The van der Waals surface area contributed by atoms with E-state index in [-0.39, 0.29) is 18.1 Å². The Labute approximate surface area is 150 Å². The van der Waals surface area contributed by atoms with Crippen molar-refractivity contribution in [2.24, 2.45) is 0 Å². The second-order valence-corrected chi connectivity index (χ2v) is 5.61. The second-order valence-electron chi connectivity index (χ2n) is 5.61. The van der Waals surface area contributed by atoms with Gasteiger partial charge in [-0.05, 0) is 32.9 Å². The number of carbonyl (C=O) groups excluding carboxylic acids is 2. The first-order chi connectivity index (χ1) is 12.4. The number of nitrogens with one attached hydrogen (secondary N) is 1. The first-order valence-electron chi connectivity index (χ1n) is 8.30. The summed E-state index contributed by atoms with van der Waals surface area (Å²) < 4.78 is 15.2. The van der Waals surface area contributed by atoms with Crippen LogP contribution in [-0.2, 0) is 4.79 Å². The molecule has 0 spiro atoms.